The number of rotatable bonds is 2. The normalized spacial score (nSPS) is 17.1. The Morgan fingerprint density at radius 2 is 1.82 bits per heavy atom. The van der Waals surface area contributed by atoms with Crippen LogP contribution in [0.1, 0.15) is 18.5 Å². The van der Waals surface area contributed by atoms with Crippen LogP contribution in [0.15, 0.2) is 41.6 Å². The number of nitrogens with one attached hydrogen (secondary N) is 3. The molecule has 120 valence electrons. The number of benzene rings is 1. The molecule has 5 nitrogen and oxygen atoms in total. The van der Waals surface area contributed by atoms with Crippen molar-refractivity contribution in [1.82, 2.24) is 16.0 Å². The maximum Gasteiger partial charge on any atom is 0.251 e. The van der Waals surface area contributed by atoms with Gasteiger partial charge in [-0.2, -0.15) is 0 Å². The highest BCUT2D eigenvalue weighted by Gasteiger charge is 2.28. The molecule has 0 bridgehead atoms. The first-order valence-electron chi connectivity index (χ1n) is 6.67. The Morgan fingerprint density at radius 1 is 1.27 bits per heavy atom. The van der Waals surface area contributed by atoms with Crippen LogP contribution in [0.25, 0.3) is 0 Å². The summed E-state index contributed by atoms with van der Waals surface area (Å²) in [6.07, 6.45) is 3.28. The van der Waals surface area contributed by atoms with Crippen LogP contribution in [-0.4, -0.2) is 34.8 Å². The molecule has 1 aliphatic heterocycles. The van der Waals surface area contributed by atoms with E-state index in [0.717, 1.165) is 11.3 Å². The first-order chi connectivity index (χ1) is 10.4. The first kappa shape index (κ1) is 18.3. The predicted octanol–water partition coefficient (Wildman–Crippen LogP) is 1.22. The van der Waals surface area contributed by atoms with E-state index in [1.165, 1.54) is 0 Å². The molecule has 0 fully saturated rings. The molecule has 1 aromatic rings. The van der Waals surface area contributed by atoms with Gasteiger partial charge in [-0.05, 0) is 24.7 Å². The van der Waals surface area contributed by atoms with Gasteiger partial charge in [-0.25, -0.2) is 0 Å². The molecule has 7 heteroatoms. The van der Waals surface area contributed by atoms with Crippen molar-refractivity contribution in [3.63, 3.8) is 0 Å². The molecular weight excluding hydrogens is 318 g/mol. The van der Waals surface area contributed by atoms with Crippen LogP contribution in [-0.2, 0) is 15.6 Å². The van der Waals surface area contributed by atoms with Crippen LogP contribution in [0, 0.1) is 0 Å². The Bertz CT molecular complexity index is 596. The molecule has 0 saturated carbocycles. The number of hydrogen-bond acceptors (Lipinski definition) is 3. The predicted molar refractivity (Wildman–Crippen MR) is 94.8 cm³/mol. The van der Waals surface area contributed by atoms with Gasteiger partial charge in [-0.15, -0.1) is 0 Å². The third-order valence-corrected chi connectivity index (χ3v) is 3.09. The lowest BCUT2D eigenvalue weighted by Crippen LogP contribution is -2.46. The summed E-state index contributed by atoms with van der Waals surface area (Å²) in [7, 11) is 1.01. The minimum absolute atomic E-state index is 0.108. The molecule has 1 atom stereocenters. The Hall–Kier alpha value is -1.73. The van der Waals surface area contributed by atoms with E-state index in [9.17, 15) is 9.00 Å². The molecule has 1 heterocycles. The molecule has 22 heavy (non-hydrogen) atoms. The zero-order valence-electron chi connectivity index (χ0n) is 13.1. The van der Waals surface area contributed by atoms with E-state index >= 15 is 0 Å². The van der Waals surface area contributed by atoms with Crippen LogP contribution in [0.4, 0.5) is 0 Å². The number of allylic oxidation sites excluding steroid dienone is 1. The molecule has 0 saturated heterocycles. The zero-order chi connectivity index (χ0) is 16.7. The van der Waals surface area contributed by atoms with Crippen molar-refractivity contribution in [2.24, 2.45) is 0 Å². The van der Waals surface area contributed by atoms with Gasteiger partial charge < -0.3 is 16.0 Å². The lowest BCUT2D eigenvalue weighted by Gasteiger charge is -2.30. The van der Waals surface area contributed by atoms with E-state index in [1.807, 2.05) is 37.3 Å². The second-order valence-corrected chi connectivity index (χ2v) is 6.69. The average molecular weight is 339 g/mol. The summed E-state index contributed by atoms with van der Waals surface area (Å²) in [6.45, 7) is 1.85. The monoisotopic (exact) mass is 339 g/mol. The lowest BCUT2D eigenvalue weighted by molar-refractivity contribution is -0.117. The number of carbonyl (C=O) groups is 1. The SMILES string of the molecule is CNC(=O)C1=C(C)NC(=S)N[C@@H]1c1ccccc1.CS(C)=O. The summed E-state index contributed by atoms with van der Waals surface area (Å²) in [5.41, 5.74) is 2.46. The summed E-state index contributed by atoms with van der Waals surface area (Å²) in [6, 6.07) is 9.57. The van der Waals surface area contributed by atoms with Gasteiger partial charge in [0.25, 0.3) is 5.91 Å². The average Bonchev–Trinajstić information content (AvgIpc) is 2.46. The highest BCUT2D eigenvalue weighted by Crippen LogP contribution is 2.26. The van der Waals surface area contributed by atoms with Crippen molar-refractivity contribution in [2.45, 2.75) is 13.0 Å². The van der Waals surface area contributed by atoms with E-state index in [1.54, 1.807) is 19.6 Å². The van der Waals surface area contributed by atoms with Gasteiger partial charge in [0.15, 0.2) is 5.11 Å². The Kier molecular flexibility index (Phi) is 7.20. The topological polar surface area (TPSA) is 70.2 Å². The molecule has 0 radical (unpaired) electrons. The molecule has 0 aliphatic carbocycles. The van der Waals surface area contributed by atoms with E-state index in [0.29, 0.717) is 10.7 Å². The largest absolute Gasteiger partial charge is 0.355 e. The molecule has 0 spiro atoms. The highest BCUT2D eigenvalue weighted by atomic mass is 32.2. The second kappa shape index (κ2) is 8.65. The van der Waals surface area contributed by atoms with Crippen LogP contribution in [0.2, 0.25) is 0 Å². The minimum atomic E-state index is -0.611. The van der Waals surface area contributed by atoms with E-state index in [4.69, 9.17) is 12.2 Å². The van der Waals surface area contributed by atoms with Gasteiger partial charge in [-0.1, -0.05) is 30.3 Å². The fourth-order valence-corrected chi connectivity index (χ4v) is 2.30. The standard InChI is InChI=1S/C13H15N3OS.C2H6OS/c1-8-10(12(17)14-2)11(16-13(18)15-8)9-6-4-3-5-7-9;1-4(2)3/h3-7,11H,1-2H3,(H,14,17)(H2,15,16,18);1-2H3/t11-;/m1./s1. The molecule has 1 aliphatic rings. The van der Waals surface area contributed by atoms with Crippen molar-refractivity contribution in [3.8, 4) is 0 Å². The molecule has 1 amide bonds. The Morgan fingerprint density at radius 3 is 2.32 bits per heavy atom. The number of thiocarbonyl (C=S) groups is 1. The highest BCUT2D eigenvalue weighted by molar-refractivity contribution is 7.83. The summed E-state index contributed by atoms with van der Waals surface area (Å²) in [5, 5.41) is 9.31. The van der Waals surface area contributed by atoms with Gasteiger partial charge in [0.1, 0.15) is 0 Å². The smallest absolute Gasteiger partial charge is 0.251 e. The zero-order valence-corrected chi connectivity index (χ0v) is 14.7. The van der Waals surface area contributed by atoms with Crippen molar-refractivity contribution < 1.29 is 9.00 Å². The van der Waals surface area contributed by atoms with Crippen molar-refractivity contribution in [3.05, 3.63) is 47.2 Å². The second-order valence-electron chi connectivity index (χ2n) is 4.80. The minimum Gasteiger partial charge on any atom is -0.355 e. The molecule has 2 rings (SSSR count). The number of amides is 1. The van der Waals surface area contributed by atoms with Crippen LogP contribution in [0.3, 0.4) is 0 Å². The Balaban J connectivity index is 0.000000541. The summed E-state index contributed by atoms with van der Waals surface area (Å²) >= 11 is 5.15. The molecular formula is C15H21N3O2S2. The van der Waals surface area contributed by atoms with Gasteiger partial charge >= 0.3 is 0 Å². The number of hydrogen-bond donors (Lipinski definition) is 3. The quantitative estimate of drug-likeness (QED) is 0.707. The van der Waals surface area contributed by atoms with E-state index < -0.39 is 10.8 Å². The number of likely N-dealkylation sites (N-methyl/N-ethyl adjacent to an activating group) is 1. The van der Waals surface area contributed by atoms with Crippen LogP contribution in [0.5, 0.6) is 0 Å². The van der Waals surface area contributed by atoms with Gasteiger partial charge in [0.05, 0.1) is 11.6 Å². The summed E-state index contributed by atoms with van der Waals surface area (Å²) in [5.74, 6) is -0.108. The van der Waals surface area contributed by atoms with Crippen molar-refractivity contribution in [2.75, 3.05) is 19.6 Å². The van der Waals surface area contributed by atoms with Crippen LogP contribution < -0.4 is 16.0 Å². The van der Waals surface area contributed by atoms with Crippen molar-refractivity contribution >= 4 is 34.0 Å². The van der Waals surface area contributed by atoms with Crippen molar-refractivity contribution in [1.29, 1.82) is 0 Å². The van der Waals surface area contributed by atoms with Gasteiger partial charge in [0.2, 0.25) is 0 Å². The number of carbonyl (C=O) groups excluding carboxylic acids is 1. The Labute approximate surface area is 139 Å². The van der Waals surface area contributed by atoms with E-state index in [-0.39, 0.29) is 11.9 Å². The van der Waals surface area contributed by atoms with Crippen LogP contribution >= 0.6 is 12.2 Å². The molecule has 0 aromatic heterocycles. The fraction of sp³-hybridized carbons (Fsp3) is 0.333. The third kappa shape index (κ3) is 5.23. The fourth-order valence-electron chi connectivity index (χ4n) is 2.03. The molecule has 0 unspecified atom stereocenters. The van der Waals surface area contributed by atoms with Gasteiger partial charge in [0, 0.05) is 36.1 Å². The molecule has 1 aromatic carbocycles. The first-order valence-corrected chi connectivity index (χ1v) is 9.04. The summed E-state index contributed by atoms with van der Waals surface area (Å²) in [4.78, 5) is 12.0. The van der Waals surface area contributed by atoms with Gasteiger partial charge in [-0.3, -0.25) is 9.00 Å². The maximum atomic E-state index is 12.0. The summed E-state index contributed by atoms with van der Waals surface area (Å²) < 4.78 is 9.56. The molecule has 3 N–H and O–H groups in total. The van der Waals surface area contributed by atoms with E-state index in [2.05, 4.69) is 16.0 Å². The maximum absolute atomic E-state index is 12.0. The third-order valence-electron chi connectivity index (χ3n) is 2.87. The lowest BCUT2D eigenvalue weighted by atomic mass is 9.95.